The molecule has 2 rings (SSSR count). The molecule has 21 heavy (non-hydrogen) atoms. The summed E-state index contributed by atoms with van der Waals surface area (Å²) in [5.41, 5.74) is 1.26. The first-order valence-electron chi connectivity index (χ1n) is 7.82. The van der Waals surface area contributed by atoms with Gasteiger partial charge in [-0.05, 0) is 51.4 Å². The van der Waals surface area contributed by atoms with E-state index in [4.69, 9.17) is 0 Å². The van der Waals surface area contributed by atoms with Gasteiger partial charge in [0.25, 0.3) is 0 Å². The van der Waals surface area contributed by atoms with Crippen LogP contribution in [0.15, 0.2) is 30.3 Å². The minimum absolute atomic E-state index is 0.0958. The zero-order valence-electron chi connectivity index (χ0n) is 13.1. The SMILES string of the molecule is CN(C)CC(Cc1ccccc1)NC(=O)CNCC1CC1. The van der Waals surface area contributed by atoms with Crippen LogP contribution in [0.2, 0.25) is 0 Å². The molecule has 1 fully saturated rings. The Balaban J connectivity index is 1.78. The van der Waals surface area contributed by atoms with Gasteiger partial charge in [0.05, 0.1) is 6.54 Å². The second kappa shape index (κ2) is 8.15. The van der Waals surface area contributed by atoms with Crippen molar-refractivity contribution < 1.29 is 4.79 Å². The first kappa shape index (κ1) is 16.0. The fourth-order valence-corrected chi connectivity index (χ4v) is 2.49. The van der Waals surface area contributed by atoms with Crippen LogP contribution in [-0.2, 0) is 11.2 Å². The molecular formula is C17H27N3O. The molecule has 4 nitrogen and oxygen atoms in total. The van der Waals surface area contributed by atoms with E-state index >= 15 is 0 Å². The Morgan fingerprint density at radius 2 is 2.00 bits per heavy atom. The summed E-state index contributed by atoms with van der Waals surface area (Å²) in [6, 6.07) is 10.5. The Hall–Kier alpha value is -1.39. The van der Waals surface area contributed by atoms with Gasteiger partial charge in [0.1, 0.15) is 0 Å². The molecule has 1 unspecified atom stereocenters. The number of benzene rings is 1. The number of carbonyl (C=O) groups excluding carboxylic acids is 1. The number of nitrogens with one attached hydrogen (secondary N) is 2. The van der Waals surface area contributed by atoms with Crippen LogP contribution in [0, 0.1) is 5.92 Å². The number of rotatable bonds is 9. The minimum atomic E-state index is 0.0958. The summed E-state index contributed by atoms with van der Waals surface area (Å²) in [4.78, 5) is 14.2. The molecule has 2 N–H and O–H groups in total. The van der Waals surface area contributed by atoms with Gasteiger partial charge in [-0.15, -0.1) is 0 Å². The monoisotopic (exact) mass is 289 g/mol. The van der Waals surface area contributed by atoms with Gasteiger partial charge in [-0.25, -0.2) is 0 Å². The molecule has 0 radical (unpaired) electrons. The third kappa shape index (κ3) is 6.74. The summed E-state index contributed by atoms with van der Waals surface area (Å²) in [7, 11) is 4.07. The topological polar surface area (TPSA) is 44.4 Å². The predicted molar refractivity (Wildman–Crippen MR) is 86.2 cm³/mol. The summed E-state index contributed by atoms with van der Waals surface area (Å²) in [6.45, 7) is 2.25. The van der Waals surface area contributed by atoms with E-state index in [1.165, 1.54) is 18.4 Å². The quantitative estimate of drug-likeness (QED) is 0.720. The van der Waals surface area contributed by atoms with E-state index in [1.807, 2.05) is 32.3 Å². The Morgan fingerprint density at radius 1 is 1.29 bits per heavy atom. The van der Waals surface area contributed by atoms with Crippen molar-refractivity contribution in [3.63, 3.8) is 0 Å². The van der Waals surface area contributed by atoms with Crippen molar-refractivity contribution in [2.24, 2.45) is 5.92 Å². The maximum atomic E-state index is 12.0. The van der Waals surface area contributed by atoms with Crippen LogP contribution in [0.25, 0.3) is 0 Å². The third-order valence-electron chi connectivity index (χ3n) is 3.69. The van der Waals surface area contributed by atoms with Gasteiger partial charge in [0.15, 0.2) is 0 Å². The number of carbonyl (C=O) groups is 1. The minimum Gasteiger partial charge on any atom is -0.351 e. The molecule has 0 aromatic heterocycles. The van der Waals surface area contributed by atoms with E-state index in [9.17, 15) is 4.79 Å². The molecule has 0 bridgehead atoms. The zero-order valence-corrected chi connectivity index (χ0v) is 13.1. The molecule has 1 saturated carbocycles. The molecule has 116 valence electrons. The van der Waals surface area contributed by atoms with E-state index < -0.39 is 0 Å². The number of hydrogen-bond donors (Lipinski definition) is 2. The lowest BCUT2D eigenvalue weighted by Crippen LogP contribution is -2.46. The second-order valence-electron chi connectivity index (χ2n) is 6.29. The van der Waals surface area contributed by atoms with Gasteiger partial charge in [-0.1, -0.05) is 30.3 Å². The first-order valence-corrected chi connectivity index (χ1v) is 7.82. The van der Waals surface area contributed by atoms with E-state index in [1.54, 1.807) is 0 Å². The largest absolute Gasteiger partial charge is 0.351 e. The van der Waals surface area contributed by atoms with Crippen molar-refractivity contribution in [3.8, 4) is 0 Å². The van der Waals surface area contributed by atoms with Gasteiger partial charge in [-0.2, -0.15) is 0 Å². The average molecular weight is 289 g/mol. The summed E-state index contributed by atoms with van der Waals surface area (Å²) >= 11 is 0. The van der Waals surface area contributed by atoms with Crippen LogP contribution >= 0.6 is 0 Å². The molecule has 1 aliphatic rings. The van der Waals surface area contributed by atoms with Crippen LogP contribution in [0.5, 0.6) is 0 Å². The van der Waals surface area contributed by atoms with E-state index in [2.05, 4.69) is 27.7 Å². The molecule has 0 heterocycles. The molecule has 1 aliphatic carbocycles. The van der Waals surface area contributed by atoms with Gasteiger partial charge in [0.2, 0.25) is 5.91 Å². The highest BCUT2D eigenvalue weighted by atomic mass is 16.2. The molecule has 1 atom stereocenters. The molecule has 1 aromatic carbocycles. The van der Waals surface area contributed by atoms with Crippen molar-refractivity contribution in [3.05, 3.63) is 35.9 Å². The molecule has 0 spiro atoms. The van der Waals surface area contributed by atoms with Crippen LogP contribution in [0.1, 0.15) is 18.4 Å². The van der Waals surface area contributed by atoms with Crippen LogP contribution < -0.4 is 10.6 Å². The number of amides is 1. The lowest BCUT2D eigenvalue weighted by atomic mass is 10.1. The first-order chi connectivity index (χ1) is 10.1. The average Bonchev–Trinajstić information content (AvgIpc) is 3.23. The van der Waals surface area contributed by atoms with Gasteiger partial charge in [-0.3, -0.25) is 4.79 Å². The number of hydrogen-bond acceptors (Lipinski definition) is 3. The summed E-state index contributed by atoms with van der Waals surface area (Å²) < 4.78 is 0. The van der Waals surface area contributed by atoms with Crippen LogP contribution in [-0.4, -0.2) is 50.6 Å². The van der Waals surface area contributed by atoms with E-state index in [-0.39, 0.29) is 11.9 Å². The van der Waals surface area contributed by atoms with Crippen molar-refractivity contribution in [2.75, 3.05) is 33.7 Å². The molecule has 1 amide bonds. The third-order valence-corrected chi connectivity index (χ3v) is 3.69. The van der Waals surface area contributed by atoms with Crippen molar-refractivity contribution in [2.45, 2.75) is 25.3 Å². The number of nitrogens with zero attached hydrogens (tertiary/aromatic N) is 1. The second-order valence-corrected chi connectivity index (χ2v) is 6.29. The van der Waals surface area contributed by atoms with Crippen LogP contribution in [0.3, 0.4) is 0 Å². The smallest absolute Gasteiger partial charge is 0.234 e. The van der Waals surface area contributed by atoms with Crippen molar-refractivity contribution >= 4 is 5.91 Å². The lowest BCUT2D eigenvalue weighted by molar-refractivity contribution is -0.121. The van der Waals surface area contributed by atoms with Gasteiger partial charge in [0, 0.05) is 12.6 Å². The van der Waals surface area contributed by atoms with Crippen molar-refractivity contribution in [1.29, 1.82) is 0 Å². The van der Waals surface area contributed by atoms with E-state index in [0.717, 1.165) is 25.4 Å². The predicted octanol–water partition coefficient (Wildman–Crippen LogP) is 1.28. The Morgan fingerprint density at radius 3 is 2.62 bits per heavy atom. The van der Waals surface area contributed by atoms with Gasteiger partial charge >= 0.3 is 0 Å². The molecule has 1 aromatic rings. The fourth-order valence-electron chi connectivity index (χ4n) is 2.49. The Kier molecular flexibility index (Phi) is 6.21. The fraction of sp³-hybridized carbons (Fsp3) is 0.588. The number of likely N-dealkylation sites (N-methyl/N-ethyl adjacent to an activating group) is 1. The Bertz CT molecular complexity index is 429. The van der Waals surface area contributed by atoms with Gasteiger partial charge < -0.3 is 15.5 Å². The summed E-state index contributed by atoms with van der Waals surface area (Å²) in [5.74, 6) is 0.901. The van der Waals surface area contributed by atoms with Crippen LogP contribution in [0.4, 0.5) is 0 Å². The Labute approximate surface area is 127 Å². The molecule has 0 aliphatic heterocycles. The maximum Gasteiger partial charge on any atom is 0.234 e. The lowest BCUT2D eigenvalue weighted by Gasteiger charge is -2.22. The van der Waals surface area contributed by atoms with E-state index in [0.29, 0.717) is 6.54 Å². The standard InChI is InChI=1S/C17H27N3O/c1-20(2)13-16(10-14-6-4-3-5-7-14)19-17(21)12-18-11-15-8-9-15/h3-7,15-16,18H,8-13H2,1-2H3,(H,19,21). The normalized spacial score (nSPS) is 16.0. The summed E-state index contributed by atoms with van der Waals surface area (Å²) in [5, 5.41) is 6.39. The molecule has 4 heteroatoms. The highest BCUT2D eigenvalue weighted by Gasteiger charge is 2.21. The zero-order chi connectivity index (χ0) is 15.1. The maximum absolute atomic E-state index is 12.0. The highest BCUT2D eigenvalue weighted by molar-refractivity contribution is 5.78. The highest BCUT2D eigenvalue weighted by Crippen LogP contribution is 2.27. The molecule has 0 saturated heterocycles. The molecular weight excluding hydrogens is 262 g/mol. The summed E-state index contributed by atoms with van der Waals surface area (Å²) in [6.07, 6.45) is 3.49. The van der Waals surface area contributed by atoms with Crippen molar-refractivity contribution in [1.82, 2.24) is 15.5 Å².